The molecule has 0 aliphatic heterocycles. The van der Waals surface area contributed by atoms with E-state index < -0.39 is 28.5 Å². The van der Waals surface area contributed by atoms with Gasteiger partial charge in [-0.2, -0.15) is 13.1 Å². The summed E-state index contributed by atoms with van der Waals surface area (Å²) >= 11 is 1.03. The van der Waals surface area contributed by atoms with Gasteiger partial charge in [-0.05, 0) is 36.4 Å². The van der Waals surface area contributed by atoms with Crippen LogP contribution in [0.15, 0.2) is 47.4 Å². The second kappa shape index (κ2) is 9.28. The van der Waals surface area contributed by atoms with Gasteiger partial charge < -0.3 is 10.1 Å². The van der Waals surface area contributed by atoms with Crippen LogP contribution in [0.25, 0.3) is 11.0 Å². The lowest BCUT2D eigenvalue weighted by molar-refractivity contribution is -0.119. The van der Waals surface area contributed by atoms with Crippen molar-refractivity contribution in [1.29, 1.82) is 0 Å². The van der Waals surface area contributed by atoms with Crippen LogP contribution in [-0.2, 0) is 19.6 Å². The highest BCUT2D eigenvalue weighted by atomic mass is 32.2. The number of anilines is 1. The highest BCUT2D eigenvalue weighted by Crippen LogP contribution is 2.21. The number of amides is 1. The van der Waals surface area contributed by atoms with Crippen molar-refractivity contribution in [3.63, 3.8) is 0 Å². The molecule has 0 aliphatic carbocycles. The summed E-state index contributed by atoms with van der Waals surface area (Å²) in [7, 11) is -3.61. The number of carbonyl (C=O) groups excluding carboxylic acids is 2. The van der Waals surface area contributed by atoms with Crippen LogP contribution in [-0.4, -0.2) is 53.0 Å². The van der Waals surface area contributed by atoms with E-state index in [0.717, 1.165) is 11.7 Å². The number of benzene rings is 2. The first-order valence-electron chi connectivity index (χ1n) is 9.15. The maximum Gasteiger partial charge on any atom is 0.338 e. The van der Waals surface area contributed by atoms with Crippen LogP contribution in [0.4, 0.5) is 5.69 Å². The van der Waals surface area contributed by atoms with Gasteiger partial charge in [-0.15, -0.1) is 0 Å². The average Bonchev–Trinajstić information content (AvgIpc) is 3.23. The quantitative estimate of drug-likeness (QED) is 0.526. The fraction of sp³-hybridized carbons (Fsp3) is 0.263. The molecular weight excluding hydrogens is 428 g/mol. The van der Waals surface area contributed by atoms with Crippen LogP contribution in [0.1, 0.15) is 24.2 Å². The van der Waals surface area contributed by atoms with Crippen LogP contribution in [0.5, 0.6) is 0 Å². The molecule has 158 valence electrons. The molecule has 1 heterocycles. The van der Waals surface area contributed by atoms with Crippen molar-refractivity contribution in [2.75, 3.05) is 25.0 Å². The van der Waals surface area contributed by atoms with Gasteiger partial charge in [-0.1, -0.05) is 19.9 Å². The van der Waals surface area contributed by atoms with Gasteiger partial charge in [0, 0.05) is 13.1 Å². The fourth-order valence-corrected chi connectivity index (χ4v) is 4.79. The average molecular weight is 449 g/mol. The number of hydrogen-bond acceptors (Lipinski definition) is 8. The molecular formula is C19H20N4O5S2. The summed E-state index contributed by atoms with van der Waals surface area (Å²) in [6.07, 6.45) is 0. The molecule has 1 aromatic heterocycles. The number of nitrogens with one attached hydrogen (secondary N) is 1. The maximum atomic E-state index is 12.5. The molecule has 0 spiro atoms. The molecule has 9 nitrogen and oxygen atoms in total. The van der Waals surface area contributed by atoms with Gasteiger partial charge in [0.2, 0.25) is 10.0 Å². The van der Waals surface area contributed by atoms with E-state index in [9.17, 15) is 18.0 Å². The lowest BCUT2D eigenvalue weighted by Crippen LogP contribution is -2.30. The molecule has 30 heavy (non-hydrogen) atoms. The summed E-state index contributed by atoms with van der Waals surface area (Å²) in [5.41, 5.74) is 1.85. The molecule has 1 amide bonds. The zero-order valence-corrected chi connectivity index (χ0v) is 18.0. The number of rotatable bonds is 8. The standard InChI is InChI=1S/C19H20N4O5S2/c1-3-23(4-2)30(26,27)14-10-8-13(9-11-14)19(25)28-12-17(24)20-15-6-5-7-16-18(15)22-29-21-16/h5-11H,3-4,12H2,1-2H3,(H,20,24). The van der Waals surface area contributed by atoms with Crippen molar-refractivity contribution in [3.8, 4) is 0 Å². The van der Waals surface area contributed by atoms with Crippen molar-refractivity contribution in [2.24, 2.45) is 0 Å². The largest absolute Gasteiger partial charge is 0.452 e. The number of esters is 1. The van der Waals surface area contributed by atoms with E-state index in [-0.39, 0.29) is 10.5 Å². The predicted octanol–water partition coefficient (Wildman–Crippen LogP) is 2.52. The van der Waals surface area contributed by atoms with E-state index in [1.165, 1.54) is 28.6 Å². The number of ether oxygens (including phenoxy) is 1. The Balaban J connectivity index is 1.61. The molecule has 0 aliphatic rings. The van der Waals surface area contributed by atoms with E-state index in [2.05, 4.69) is 14.1 Å². The number of fused-ring (bicyclic) bond motifs is 1. The third-order valence-electron chi connectivity index (χ3n) is 4.33. The first kappa shape index (κ1) is 21.8. The Morgan fingerprint density at radius 3 is 2.43 bits per heavy atom. The summed E-state index contributed by atoms with van der Waals surface area (Å²) in [5, 5.41) is 2.64. The topological polar surface area (TPSA) is 119 Å². The molecule has 0 saturated carbocycles. The number of aromatic nitrogens is 2. The van der Waals surface area contributed by atoms with Crippen molar-refractivity contribution >= 4 is 50.3 Å². The van der Waals surface area contributed by atoms with E-state index in [4.69, 9.17) is 4.74 Å². The Labute approximate surface area is 178 Å². The smallest absolute Gasteiger partial charge is 0.338 e. The summed E-state index contributed by atoms with van der Waals surface area (Å²) in [6, 6.07) is 10.6. The zero-order valence-electron chi connectivity index (χ0n) is 16.4. The second-order valence-electron chi connectivity index (χ2n) is 6.18. The molecule has 11 heteroatoms. The molecule has 1 N–H and O–H groups in total. The minimum atomic E-state index is -3.61. The van der Waals surface area contributed by atoms with Gasteiger partial charge in [0.05, 0.1) is 27.9 Å². The van der Waals surface area contributed by atoms with Crippen LogP contribution >= 0.6 is 11.7 Å². The first-order valence-corrected chi connectivity index (χ1v) is 11.3. The Bertz CT molecular complexity index is 1160. The molecule has 3 aromatic rings. The summed E-state index contributed by atoms with van der Waals surface area (Å²) < 4.78 is 39.5. The van der Waals surface area contributed by atoms with Crippen molar-refractivity contribution in [2.45, 2.75) is 18.7 Å². The van der Waals surface area contributed by atoms with Gasteiger partial charge in [0.1, 0.15) is 11.0 Å². The normalized spacial score (nSPS) is 11.6. The van der Waals surface area contributed by atoms with E-state index in [1.807, 2.05) is 0 Å². The first-order chi connectivity index (χ1) is 14.4. The van der Waals surface area contributed by atoms with Crippen molar-refractivity contribution in [1.82, 2.24) is 13.1 Å². The van der Waals surface area contributed by atoms with Crippen molar-refractivity contribution < 1.29 is 22.7 Å². The van der Waals surface area contributed by atoms with Gasteiger partial charge in [0.25, 0.3) is 5.91 Å². The summed E-state index contributed by atoms with van der Waals surface area (Å²) in [4.78, 5) is 24.4. The van der Waals surface area contributed by atoms with E-state index in [1.54, 1.807) is 32.0 Å². The fourth-order valence-electron chi connectivity index (χ4n) is 2.78. The Kier molecular flexibility index (Phi) is 6.75. The number of hydrogen-bond donors (Lipinski definition) is 1. The van der Waals surface area contributed by atoms with Crippen molar-refractivity contribution in [3.05, 3.63) is 48.0 Å². The summed E-state index contributed by atoms with van der Waals surface area (Å²) in [5.74, 6) is -1.25. The van der Waals surface area contributed by atoms with E-state index in [0.29, 0.717) is 29.8 Å². The molecule has 0 unspecified atom stereocenters. The number of sulfonamides is 1. The Hall–Kier alpha value is -2.89. The monoisotopic (exact) mass is 448 g/mol. The molecule has 0 atom stereocenters. The van der Waals surface area contributed by atoms with Gasteiger partial charge in [-0.3, -0.25) is 4.79 Å². The molecule has 3 rings (SSSR count). The predicted molar refractivity (Wildman–Crippen MR) is 113 cm³/mol. The zero-order chi connectivity index (χ0) is 21.7. The highest BCUT2D eigenvalue weighted by Gasteiger charge is 2.22. The maximum absolute atomic E-state index is 12.5. The molecule has 0 fully saturated rings. The lowest BCUT2D eigenvalue weighted by Gasteiger charge is -2.18. The van der Waals surface area contributed by atoms with Crippen LogP contribution in [0.2, 0.25) is 0 Å². The number of carbonyl (C=O) groups is 2. The summed E-state index contributed by atoms with van der Waals surface area (Å²) in [6.45, 7) is 3.71. The van der Waals surface area contributed by atoms with Gasteiger partial charge in [-0.25, -0.2) is 13.2 Å². The molecule has 2 aromatic carbocycles. The Morgan fingerprint density at radius 2 is 1.77 bits per heavy atom. The highest BCUT2D eigenvalue weighted by molar-refractivity contribution is 7.89. The van der Waals surface area contributed by atoms with Crippen LogP contribution in [0.3, 0.4) is 0 Å². The third-order valence-corrected chi connectivity index (χ3v) is 6.93. The third kappa shape index (κ3) is 4.64. The van der Waals surface area contributed by atoms with Crippen LogP contribution < -0.4 is 5.32 Å². The lowest BCUT2D eigenvalue weighted by atomic mass is 10.2. The number of nitrogens with zero attached hydrogens (tertiary/aromatic N) is 3. The SMILES string of the molecule is CCN(CC)S(=O)(=O)c1ccc(C(=O)OCC(=O)Nc2cccc3nsnc23)cc1. The minimum absolute atomic E-state index is 0.0884. The Morgan fingerprint density at radius 1 is 1.07 bits per heavy atom. The van der Waals surface area contributed by atoms with Crippen LogP contribution in [0, 0.1) is 0 Å². The minimum Gasteiger partial charge on any atom is -0.452 e. The molecule has 0 saturated heterocycles. The second-order valence-corrected chi connectivity index (χ2v) is 8.64. The van der Waals surface area contributed by atoms with Gasteiger partial charge >= 0.3 is 5.97 Å². The molecule has 0 bridgehead atoms. The van der Waals surface area contributed by atoms with Gasteiger partial charge in [0.15, 0.2) is 6.61 Å². The molecule has 0 radical (unpaired) electrons. The van der Waals surface area contributed by atoms with E-state index >= 15 is 0 Å².